The van der Waals surface area contributed by atoms with Crippen LogP contribution >= 0.6 is 0 Å². The monoisotopic (exact) mass is 249 g/mol. The lowest BCUT2D eigenvalue weighted by molar-refractivity contribution is 0.0855. The molecule has 0 bridgehead atoms. The zero-order valence-electron chi connectivity index (χ0n) is 12.2. The summed E-state index contributed by atoms with van der Waals surface area (Å²) >= 11 is 0. The van der Waals surface area contributed by atoms with E-state index in [1.54, 1.807) is 22.9 Å². The van der Waals surface area contributed by atoms with Crippen molar-refractivity contribution in [3.63, 3.8) is 0 Å². The van der Waals surface area contributed by atoms with Crippen molar-refractivity contribution < 1.29 is 4.79 Å². The van der Waals surface area contributed by atoms with Gasteiger partial charge in [0.15, 0.2) is 5.78 Å². The average Bonchev–Trinajstić information content (AvgIpc) is 2.17. The first-order valence-corrected chi connectivity index (χ1v) is 6.27. The van der Waals surface area contributed by atoms with Gasteiger partial charge in [-0.15, -0.1) is 0 Å². The Morgan fingerprint density at radius 3 is 2.17 bits per heavy atom. The van der Waals surface area contributed by atoms with Gasteiger partial charge in [-0.1, -0.05) is 41.5 Å². The molecule has 0 amide bonds. The summed E-state index contributed by atoms with van der Waals surface area (Å²) in [5, 5.41) is 0. The number of pyridine rings is 1. The Morgan fingerprint density at radius 1 is 1.17 bits per heavy atom. The third-order valence-corrected chi connectivity index (χ3v) is 2.59. The van der Waals surface area contributed by atoms with Crippen LogP contribution in [0.15, 0.2) is 23.1 Å². The van der Waals surface area contributed by atoms with Gasteiger partial charge in [0.25, 0.3) is 5.56 Å². The molecule has 100 valence electrons. The van der Waals surface area contributed by atoms with E-state index in [2.05, 4.69) is 20.8 Å². The molecule has 0 fully saturated rings. The summed E-state index contributed by atoms with van der Waals surface area (Å²) in [5.74, 6) is -0.101. The highest BCUT2D eigenvalue weighted by atomic mass is 16.1. The van der Waals surface area contributed by atoms with Gasteiger partial charge < -0.3 is 4.57 Å². The van der Waals surface area contributed by atoms with Crippen LogP contribution in [-0.4, -0.2) is 10.4 Å². The van der Waals surface area contributed by atoms with Gasteiger partial charge >= 0.3 is 0 Å². The summed E-state index contributed by atoms with van der Waals surface area (Å²) in [5.41, 5.74) is -0.422. The molecule has 0 radical (unpaired) electrons. The summed E-state index contributed by atoms with van der Waals surface area (Å²) in [7, 11) is 0. The molecule has 0 saturated carbocycles. The van der Waals surface area contributed by atoms with Crippen molar-refractivity contribution in [3.8, 4) is 0 Å². The van der Waals surface area contributed by atoms with E-state index in [4.69, 9.17) is 0 Å². The van der Waals surface area contributed by atoms with Gasteiger partial charge in [0.2, 0.25) is 0 Å². The lowest BCUT2D eigenvalue weighted by Crippen LogP contribution is -2.33. The van der Waals surface area contributed by atoms with E-state index in [9.17, 15) is 9.59 Å². The second kappa shape index (κ2) is 4.71. The Hall–Kier alpha value is -1.38. The van der Waals surface area contributed by atoms with Gasteiger partial charge in [0, 0.05) is 18.2 Å². The van der Waals surface area contributed by atoms with Crippen molar-refractivity contribution in [3.05, 3.63) is 34.2 Å². The minimum Gasteiger partial charge on any atom is -0.314 e. The third-order valence-electron chi connectivity index (χ3n) is 2.59. The highest BCUT2D eigenvalue weighted by molar-refractivity contribution is 5.99. The van der Waals surface area contributed by atoms with Crippen LogP contribution in [0.4, 0.5) is 0 Å². The van der Waals surface area contributed by atoms with Gasteiger partial charge in [-0.2, -0.15) is 0 Å². The normalized spacial score (nSPS) is 12.6. The van der Waals surface area contributed by atoms with Crippen molar-refractivity contribution in [2.24, 2.45) is 10.8 Å². The summed E-state index contributed by atoms with van der Waals surface area (Å²) in [6, 6.07) is 3.39. The Kier molecular flexibility index (Phi) is 3.84. The zero-order chi connectivity index (χ0) is 14.1. The van der Waals surface area contributed by atoms with Crippen LogP contribution in [-0.2, 0) is 6.54 Å². The van der Waals surface area contributed by atoms with E-state index in [-0.39, 0.29) is 22.3 Å². The minimum absolute atomic E-state index is 0.00717. The van der Waals surface area contributed by atoms with E-state index in [0.717, 1.165) is 0 Å². The average molecular weight is 249 g/mol. The van der Waals surface area contributed by atoms with Crippen LogP contribution in [0.5, 0.6) is 0 Å². The van der Waals surface area contributed by atoms with Crippen molar-refractivity contribution in [2.45, 2.75) is 48.1 Å². The van der Waals surface area contributed by atoms with Crippen LogP contribution < -0.4 is 5.56 Å². The molecule has 18 heavy (non-hydrogen) atoms. The molecule has 0 saturated heterocycles. The van der Waals surface area contributed by atoms with Crippen molar-refractivity contribution in [1.29, 1.82) is 0 Å². The van der Waals surface area contributed by atoms with Gasteiger partial charge in [0.1, 0.15) is 0 Å². The van der Waals surface area contributed by atoms with Gasteiger partial charge in [-0.05, 0) is 17.5 Å². The number of nitrogens with zero attached hydrogens (tertiary/aromatic N) is 1. The molecule has 0 unspecified atom stereocenters. The summed E-state index contributed by atoms with van der Waals surface area (Å²) < 4.78 is 1.62. The van der Waals surface area contributed by atoms with E-state index in [1.807, 2.05) is 20.8 Å². The first kappa shape index (κ1) is 14.7. The molecule has 0 spiro atoms. The van der Waals surface area contributed by atoms with E-state index in [0.29, 0.717) is 6.54 Å². The van der Waals surface area contributed by atoms with Crippen molar-refractivity contribution >= 4 is 5.78 Å². The van der Waals surface area contributed by atoms with Crippen LogP contribution in [0.1, 0.15) is 51.9 Å². The topological polar surface area (TPSA) is 39.1 Å². The summed E-state index contributed by atoms with van der Waals surface area (Å²) in [6.07, 6.45) is 1.74. The SMILES string of the molecule is CC(C)(C)Cn1cccc(C(=O)C(C)(C)C)c1=O. The molecule has 0 N–H and O–H groups in total. The number of carbonyl (C=O) groups excluding carboxylic acids is 1. The van der Waals surface area contributed by atoms with Crippen molar-refractivity contribution in [1.82, 2.24) is 4.57 Å². The first-order valence-electron chi connectivity index (χ1n) is 6.27. The summed E-state index contributed by atoms with van der Waals surface area (Å²) in [6.45, 7) is 12.3. The number of hydrogen-bond donors (Lipinski definition) is 0. The third kappa shape index (κ3) is 3.56. The van der Waals surface area contributed by atoms with Crippen molar-refractivity contribution in [2.75, 3.05) is 0 Å². The van der Waals surface area contributed by atoms with Crippen LogP contribution in [0, 0.1) is 10.8 Å². The van der Waals surface area contributed by atoms with Crippen LogP contribution in [0.25, 0.3) is 0 Å². The number of aromatic nitrogens is 1. The molecule has 1 aromatic rings. The number of rotatable bonds is 2. The molecule has 3 heteroatoms. The fraction of sp³-hybridized carbons (Fsp3) is 0.600. The number of ketones is 1. The highest BCUT2D eigenvalue weighted by Gasteiger charge is 2.26. The molecule has 0 aromatic carbocycles. The Balaban J connectivity index is 3.23. The van der Waals surface area contributed by atoms with E-state index in [1.165, 1.54) is 0 Å². The fourth-order valence-electron chi connectivity index (χ4n) is 1.75. The van der Waals surface area contributed by atoms with Gasteiger partial charge in [-0.3, -0.25) is 9.59 Å². The Bertz CT molecular complexity index is 498. The first-order chi connectivity index (χ1) is 8.02. The maximum atomic E-state index is 12.3. The van der Waals surface area contributed by atoms with E-state index >= 15 is 0 Å². The molecule has 0 atom stereocenters. The second-order valence-electron chi connectivity index (χ2n) is 6.99. The maximum absolute atomic E-state index is 12.3. The number of hydrogen-bond acceptors (Lipinski definition) is 2. The Morgan fingerprint density at radius 2 is 1.72 bits per heavy atom. The predicted molar refractivity (Wildman–Crippen MR) is 73.9 cm³/mol. The second-order valence-corrected chi connectivity index (χ2v) is 6.99. The molecule has 3 nitrogen and oxygen atoms in total. The lowest BCUT2D eigenvalue weighted by atomic mass is 9.87. The van der Waals surface area contributed by atoms with Gasteiger partial charge in [0.05, 0.1) is 5.56 Å². The largest absolute Gasteiger partial charge is 0.314 e. The summed E-state index contributed by atoms with van der Waals surface area (Å²) in [4.78, 5) is 24.5. The molecule has 1 rings (SSSR count). The lowest BCUT2D eigenvalue weighted by Gasteiger charge is -2.21. The fourth-order valence-corrected chi connectivity index (χ4v) is 1.75. The minimum atomic E-state index is -0.528. The quantitative estimate of drug-likeness (QED) is 0.755. The molecule has 1 heterocycles. The Labute approximate surface area is 109 Å². The molecular formula is C15H23NO2. The molecule has 1 aromatic heterocycles. The molecule has 0 aliphatic rings. The van der Waals surface area contributed by atoms with Crippen LogP contribution in [0.2, 0.25) is 0 Å². The van der Waals surface area contributed by atoms with E-state index < -0.39 is 5.41 Å². The zero-order valence-corrected chi connectivity index (χ0v) is 12.2. The van der Waals surface area contributed by atoms with Gasteiger partial charge in [-0.25, -0.2) is 0 Å². The highest BCUT2D eigenvalue weighted by Crippen LogP contribution is 2.19. The molecule has 0 aliphatic heterocycles. The standard InChI is InChI=1S/C15H23NO2/c1-14(2,3)10-16-9-7-8-11(13(16)18)12(17)15(4,5)6/h7-9H,10H2,1-6H3. The smallest absolute Gasteiger partial charge is 0.261 e. The molecule has 0 aliphatic carbocycles. The maximum Gasteiger partial charge on any atom is 0.261 e. The predicted octanol–water partition coefficient (Wildman–Crippen LogP) is 3.12. The molecular weight excluding hydrogens is 226 g/mol. The number of carbonyl (C=O) groups is 1. The van der Waals surface area contributed by atoms with Crippen LogP contribution in [0.3, 0.4) is 0 Å². The number of Topliss-reactive ketones (excluding diaryl/α,β-unsaturated/α-hetero) is 1.